The van der Waals surface area contributed by atoms with Gasteiger partial charge in [0, 0.05) is 62.3 Å². The number of sulfonamides is 1. The molecule has 2 saturated heterocycles. The minimum atomic E-state index is -3.18. The van der Waals surface area contributed by atoms with Crippen LogP contribution in [0.4, 0.5) is 4.39 Å². The topological polar surface area (TPSA) is 60.9 Å². The molecule has 0 unspecified atom stereocenters. The maximum absolute atomic E-state index is 14.0. The molecule has 1 aromatic carbocycles. The van der Waals surface area contributed by atoms with Crippen LogP contribution in [0.1, 0.15) is 25.3 Å². The Bertz CT molecular complexity index is 784. The van der Waals surface area contributed by atoms with E-state index < -0.39 is 10.0 Å². The van der Waals surface area contributed by atoms with E-state index >= 15 is 0 Å². The Balaban J connectivity index is 1.49. The summed E-state index contributed by atoms with van der Waals surface area (Å²) in [6, 6.07) is 4.69. The standard InChI is InChI=1S/C19H27ClFN3O3S/c1-2-28(26,27)24-8-6-15(7-9-24)19(25)23-12-10-22(11-13-23)14-16-17(20)4-3-5-18(16)21/h3-5,15H,2,6-14H2,1H3. The maximum atomic E-state index is 14.0. The zero-order chi connectivity index (χ0) is 20.3. The molecule has 0 atom stereocenters. The van der Waals surface area contributed by atoms with Crippen molar-refractivity contribution in [2.24, 2.45) is 5.92 Å². The lowest BCUT2D eigenvalue weighted by atomic mass is 9.96. The van der Waals surface area contributed by atoms with E-state index in [0.717, 1.165) is 0 Å². The average Bonchev–Trinajstić information content (AvgIpc) is 2.71. The molecule has 3 rings (SSSR count). The van der Waals surface area contributed by atoms with Crippen LogP contribution in [0.2, 0.25) is 5.02 Å². The second-order valence-corrected chi connectivity index (χ2v) is 10.0. The highest BCUT2D eigenvalue weighted by molar-refractivity contribution is 7.89. The molecule has 1 amide bonds. The second-order valence-electron chi connectivity index (χ2n) is 7.38. The van der Waals surface area contributed by atoms with Gasteiger partial charge in [-0.1, -0.05) is 17.7 Å². The highest BCUT2D eigenvalue weighted by atomic mass is 35.5. The number of benzene rings is 1. The van der Waals surface area contributed by atoms with E-state index in [1.54, 1.807) is 19.1 Å². The summed E-state index contributed by atoms with van der Waals surface area (Å²) in [5, 5.41) is 0.423. The summed E-state index contributed by atoms with van der Waals surface area (Å²) in [6.45, 7) is 5.42. The summed E-state index contributed by atoms with van der Waals surface area (Å²) < 4.78 is 39.4. The number of piperazine rings is 1. The summed E-state index contributed by atoms with van der Waals surface area (Å²) in [5.74, 6) is -0.215. The molecule has 28 heavy (non-hydrogen) atoms. The lowest BCUT2D eigenvalue weighted by Crippen LogP contribution is -2.51. The van der Waals surface area contributed by atoms with Crippen molar-refractivity contribution in [3.63, 3.8) is 0 Å². The summed E-state index contributed by atoms with van der Waals surface area (Å²) >= 11 is 6.11. The zero-order valence-electron chi connectivity index (χ0n) is 16.1. The van der Waals surface area contributed by atoms with Gasteiger partial charge in [0.25, 0.3) is 0 Å². The van der Waals surface area contributed by atoms with Crippen LogP contribution in [0.15, 0.2) is 18.2 Å². The van der Waals surface area contributed by atoms with Gasteiger partial charge in [0.15, 0.2) is 0 Å². The van der Waals surface area contributed by atoms with Crippen molar-refractivity contribution in [2.75, 3.05) is 45.0 Å². The molecule has 0 aromatic heterocycles. The number of carbonyl (C=O) groups excluding carboxylic acids is 1. The molecular weight excluding hydrogens is 405 g/mol. The highest BCUT2D eigenvalue weighted by Gasteiger charge is 2.33. The van der Waals surface area contributed by atoms with Gasteiger partial charge in [-0.2, -0.15) is 0 Å². The summed E-state index contributed by atoms with van der Waals surface area (Å²) in [5.41, 5.74) is 0.494. The molecule has 0 radical (unpaired) electrons. The Morgan fingerprint density at radius 3 is 2.36 bits per heavy atom. The van der Waals surface area contributed by atoms with Crippen molar-refractivity contribution in [1.29, 1.82) is 0 Å². The number of hydrogen-bond donors (Lipinski definition) is 0. The number of hydrogen-bond acceptors (Lipinski definition) is 4. The summed E-state index contributed by atoms with van der Waals surface area (Å²) in [4.78, 5) is 16.8. The van der Waals surface area contributed by atoms with E-state index in [1.807, 2.05) is 4.90 Å². The van der Waals surface area contributed by atoms with E-state index in [2.05, 4.69) is 4.90 Å². The first-order valence-corrected chi connectivity index (χ1v) is 11.7. The predicted molar refractivity (Wildman–Crippen MR) is 107 cm³/mol. The molecule has 0 N–H and O–H groups in total. The van der Waals surface area contributed by atoms with Crippen LogP contribution in [0, 0.1) is 11.7 Å². The fourth-order valence-corrected chi connectivity index (χ4v) is 5.21. The second kappa shape index (κ2) is 9.07. The molecule has 2 aliphatic heterocycles. The lowest BCUT2D eigenvalue weighted by Gasteiger charge is -2.38. The number of piperidine rings is 1. The number of halogens is 2. The fraction of sp³-hybridized carbons (Fsp3) is 0.632. The van der Waals surface area contributed by atoms with Crippen LogP contribution in [0.25, 0.3) is 0 Å². The normalized spacial score (nSPS) is 20.5. The smallest absolute Gasteiger partial charge is 0.225 e. The monoisotopic (exact) mass is 431 g/mol. The third kappa shape index (κ3) is 4.84. The minimum Gasteiger partial charge on any atom is -0.340 e. The number of amides is 1. The molecule has 9 heteroatoms. The minimum absolute atomic E-state index is 0.0968. The van der Waals surface area contributed by atoms with Crippen LogP contribution >= 0.6 is 11.6 Å². The third-order valence-electron chi connectivity index (χ3n) is 5.69. The predicted octanol–water partition coefficient (Wildman–Crippen LogP) is 2.18. The molecule has 6 nitrogen and oxygen atoms in total. The molecule has 1 aromatic rings. The quantitative estimate of drug-likeness (QED) is 0.717. The lowest BCUT2D eigenvalue weighted by molar-refractivity contribution is -0.138. The van der Waals surface area contributed by atoms with Crippen LogP contribution < -0.4 is 0 Å². The third-order valence-corrected chi connectivity index (χ3v) is 7.92. The Morgan fingerprint density at radius 1 is 1.14 bits per heavy atom. The molecular formula is C19H27ClFN3O3S. The molecule has 2 aliphatic rings. The van der Waals surface area contributed by atoms with Gasteiger partial charge in [-0.15, -0.1) is 0 Å². The molecule has 2 fully saturated rings. The highest BCUT2D eigenvalue weighted by Crippen LogP contribution is 2.24. The molecule has 0 spiro atoms. The number of nitrogens with zero attached hydrogens (tertiary/aromatic N) is 3. The summed E-state index contributed by atoms with van der Waals surface area (Å²) in [6.07, 6.45) is 1.15. The van der Waals surface area contributed by atoms with Crippen molar-refractivity contribution in [2.45, 2.75) is 26.3 Å². The zero-order valence-corrected chi connectivity index (χ0v) is 17.7. The molecule has 0 bridgehead atoms. The van der Waals surface area contributed by atoms with Crippen molar-refractivity contribution in [3.05, 3.63) is 34.6 Å². The van der Waals surface area contributed by atoms with Crippen molar-refractivity contribution in [3.8, 4) is 0 Å². The SMILES string of the molecule is CCS(=O)(=O)N1CCC(C(=O)N2CCN(Cc3c(F)cccc3Cl)CC2)CC1. The van der Waals surface area contributed by atoms with Gasteiger partial charge >= 0.3 is 0 Å². The van der Waals surface area contributed by atoms with Gasteiger partial charge in [0.1, 0.15) is 5.82 Å². The van der Waals surface area contributed by atoms with E-state index in [1.165, 1.54) is 10.4 Å². The Labute approximate surface area is 171 Å². The van der Waals surface area contributed by atoms with E-state index in [9.17, 15) is 17.6 Å². The average molecular weight is 432 g/mol. The Hall–Kier alpha value is -1.22. The first-order valence-electron chi connectivity index (χ1n) is 9.73. The largest absolute Gasteiger partial charge is 0.340 e. The Kier molecular flexibility index (Phi) is 6.96. The van der Waals surface area contributed by atoms with E-state index in [4.69, 9.17) is 11.6 Å². The molecule has 0 saturated carbocycles. The van der Waals surface area contributed by atoms with E-state index in [0.29, 0.717) is 69.2 Å². The van der Waals surface area contributed by atoms with Gasteiger partial charge in [0.2, 0.25) is 15.9 Å². The number of carbonyl (C=O) groups is 1. The maximum Gasteiger partial charge on any atom is 0.225 e. The first kappa shape index (κ1) is 21.5. The van der Waals surface area contributed by atoms with Crippen molar-refractivity contribution < 1.29 is 17.6 Å². The fourth-order valence-electron chi connectivity index (χ4n) is 3.86. The van der Waals surface area contributed by atoms with Crippen LogP contribution in [-0.4, -0.2) is 73.5 Å². The first-order chi connectivity index (χ1) is 13.3. The van der Waals surface area contributed by atoms with Crippen molar-refractivity contribution >= 4 is 27.5 Å². The number of rotatable bonds is 5. The summed E-state index contributed by atoms with van der Waals surface area (Å²) in [7, 11) is -3.18. The van der Waals surface area contributed by atoms with Gasteiger partial charge < -0.3 is 4.90 Å². The van der Waals surface area contributed by atoms with Gasteiger partial charge in [-0.25, -0.2) is 17.1 Å². The van der Waals surface area contributed by atoms with Gasteiger partial charge in [-0.05, 0) is 31.9 Å². The van der Waals surface area contributed by atoms with Crippen LogP contribution in [-0.2, 0) is 21.4 Å². The van der Waals surface area contributed by atoms with Gasteiger partial charge in [-0.3, -0.25) is 9.69 Å². The van der Waals surface area contributed by atoms with E-state index in [-0.39, 0.29) is 23.4 Å². The van der Waals surface area contributed by atoms with Crippen LogP contribution in [0.5, 0.6) is 0 Å². The molecule has 156 valence electrons. The molecule has 2 heterocycles. The van der Waals surface area contributed by atoms with Crippen LogP contribution in [0.3, 0.4) is 0 Å². The van der Waals surface area contributed by atoms with Crippen molar-refractivity contribution in [1.82, 2.24) is 14.1 Å². The molecule has 0 aliphatic carbocycles. The Morgan fingerprint density at radius 2 is 1.79 bits per heavy atom. The van der Waals surface area contributed by atoms with Gasteiger partial charge in [0.05, 0.1) is 5.75 Å².